The van der Waals surface area contributed by atoms with Crippen molar-refractivity contribution < 1.29 is 0 Å². The molecule has 0 amide bonds. The lowest BCUT2D eigenvalue weighted by Gasteiger charge is -2.25. The van der Waals surface area contributed by atoms with Gasteiger partial charge in [0, 0.05) is 24.5 Å². The van der Waals surface area contributed by atoms with Crippen molar-refractivity contribution in [3.63, 3.8) is 0 Å². The van der Waals surface area contributed by atoms with E-state index in [1.54, 1.807) is 0 Å². The molecule has 0 spiro atoms. The van der Waals surface area contributed by atoms with E-state index in [9.17, 15) is 0 Å². The first-order valence-corrected chi connectivity index (χ1v) is 6.85. The van der Waals surface area contributed by atoms with Gasteiger partial charge in [-0.3, -0.25) is 4.90 Å². The van der Waals surface area contributed by atoms with E-state index in [-0.39, 0.29) is 0 Å². The van der Waals surface area contributed by atoms with Crippen LogP contribution in [0, 0.1) is 0 Å². The number of alkyl halides is 1. The average molecular weight is 231 g/mol. The molecule has 2 fully saturated rings. The predicted octanol–water partition coefficient (Wildman–Crippen LogP) is 2.17. The highest BCUT2D eigenvalue weighted by Gasteiger charge is 2.34. The molecule has 2 bridgehead atoms. The molecule has 2 saturated heterocycles. The number of halogens is 1. The minimum atomic E-state index is 0.819. The zero-order valence-electron chi connectivity index (χ0n) is 9.79. The fourth-order valence-electron chi connectivity index (χ4n) is 3.01. The van der Waals surface area contributed by atoms with Crippen LogP contribution in [-0.4, -0.2) is 54.4 Å². The van der Waals surface area contributed by atoms with Gasteiger partial charge >= 0.3 is 0 Å². The molecule has 0 aliphatic carbocycles. The Labute approximate surface area is 98.6 Å². The highest BCUT2D eigenvalue weighted by atomic mass is 35.5. The highest BCUT2D eigenvalue weighted by molar-refractivity contribution is 6.17. The lowest BCUT2D eigenvalue weighted by molar-refractivity contribution is 0.217. The summed E-state index contributed by atoms with van der Waals surface area (Å²) in [7, 11) is 2.31. The maximum atomic E-state index is 5.71. The van der Waals surface area contributed by atoms with Gasteiger partial charge in [0.15, 0.2) is 0 Å². The van der Waals surface area contributed by atoms with Crippen LogP contribution in [0.5, 0.6) is 0 Å². The van der Waals surface area contributed by atoms with Crippen LogP contribution < -0.4 is 0 Å². The van der Waals surface area contributed by atoms with Gasteiger partial charge in [-0.25, -0.2) is 0 Å². The summed E-state index contributed by atoms with van der Waals surface area (Å²) >= 11 is 5.71. The summed E-state index contributed by atoms with van der Waals surface area (Å²) in [6.07, 6.45) is 6.64. The molecule has 0 aromatic carbocycles. The van der Waals surface area contributed by atoms with Crippen LogP contribution in [0.25, 0.3) is 0 Å². The number of rotatable bonds is 4. The van der Waals surface area contributed by atoms with E-state index in [0.29, 0.717) is 0 Å². The van der Waals surface area contributed by atoms with Crippen LogP contribution in [0.3, 0.4) is 0 Å². The Kier molecular flexibility index (Phi) is 4.30. The summed E-state index contributed by atoms with van der Waals surface area (Å²) in [6, 6.07) is 1.70. The molecule has 0 N–H and O–H groups in total. The van der Waals surface area contributed by atoms with Gasteiger partial charge in [0.1, 0.15) is 0 Å². The quantitative estimate of drug-likeness (QED) is 0.540. The Bertz CT molecular complexity index is 198. The van der Waals surface area contributed by atoms with Crippen molar-refractivity contribution in [2.75, 3.05) is 32.6 Å². The van der Waals surface area contributed by atoms with Gasteiger partial charge in [-0.15, -0.1) is 11.6 Å². The van der Waals surface area contributed by atoms with Crippen molar-refractivity contribution in [3.05, 3.63) is 0 Å². The van der Waals surface area contributed by atoms with Crippen LogP contribution in [0.1, 0.15) is 32.1 Å². The molecule has 2 unspecified atom stereocenters. The topological polar surface area (TPSA) is 6.48 Å². The molecule has 0 saturated carbocycles. The smallest absolute Gasteiger partial charge is 0.0223 e. The summed E-state index contributed by atoms with van der Waals surface area (Å²) in [4.78, 5) is 5.26. The van der Waals surface area contributed by atoms with Crippen LogP contribution in [0.4, 0.5) is 0 Å². The van der Waals surface area contributed by atoms with Crippen LogP contribution in [0.15, 0.2) is 0 Å². The molecular weight excluding hydrogens is 208 g/mol. The summed E-state index contributed by atoms with van der Waals surface area (Å²) in [5.74, 6) is 0.819. The van der Waals surface area contributed by atoms with E-state index in [1.807, 2.05) is 0 Å². The standard InChI is InChI=1S/C12H23ClN2/c1-14-11-4-5-12(14)10-15(9-6-11)8-3-2-7-13/h11-12H,2-10H2,1H3. The van der Waals surface area contributed by atoms with Crippen LogP contribution >= 0.6 is 11.6 Å². The van der Waals surface area contributed by atoms with Crippen molar-refractivity contribution in [2.24, 2.45) is 0 Å². The molecule has 2 nitrogen and oxygen atoms in total. The molecule has 2 rings (SSSR count). The Morgan fingerprint density at radius 2 is 1.93 bits per heavy atom. The van der Waals surface area contributed by atoms with Gasteiger partial charge in [-0.05, 0) is 52.2 Å². The van der Waals surface area contributed by atoms with E-state index in [2.05, 4.69) is 16.8 Å². The number of hydrogen-bond donors (Lipinski definition) is 0. The van der Waals surface area contributed by atoms with Gasteiger partial charge in [0.05, 0.1) is 0 Å². The Morgan fingerprint density at radius 1 is 1.13 bits per heavy atom. The van der Waals surface area contributed by atoms with E-state index >= 15 is 0 Å². The van der Waals surface area contributed by atoms with E-state index in [0.717, 1.165) is 18.0 Å². The molecule has 2 heterocycles. The first-order valence-electron chi connectivity index (χ1n) is 6.31. The third kappa shape index (κ3) is 2.86. The second-order valence-electron chi connectivity index (χ2n) is 5.04. The second kappa shape index (κ2) is 5.51. The Balaban J connectivity index is 1.79. The van der Waals surface area contributed by atoms with Crippen LogP contribution in [-0.2, 0) is 0 Å². The number of likely N-dealkylation sites (N-methyl/N-ethyl adjacent to an activating group) is 1. The summed E-state index contributed by atoms with van der Waals surface area (Å²) in [6.45, 7) is 3.84. The maximum absolute atomic E-state index is 5.71. The number of unbranched alkanes of at least 4 members (excludes halogenated alkanes) is 1. The molecule has 2 aliphatic rings. The van der Waals surface area contributed by atoms with Gasteiger partial charge in [0.25, 0.3) is 0 Å². The summed E-state index contributed by atoms with van der Waals surface area (Å²) in [5.41, 5.74) is 0. The number of nitrogens with zero attached hydrogens (tertiary/aromatic N) is 2. The molecule has 15 heavy (non-hydrogen) atoms. The monoisotopic (exact) mass is 230 g/mol. The molecule has 88 valence electrons. The fraction of sp³-hybridized carbons (Fsp3) is 1.00. The normalized spacial score (nSPS) is 33.2. The predicted molar refractivity (Wildman–Crippen MR) is 65.6 cm³/mol. The Hall–Kier alpha value is 0.210. The first-order chi connectivity index (χ1) is 7.31. The van der Waals surface area contributed by atoms with Crippen molar-refractivity contribution in [3.8, 4) is 0 Å². The second-order valence-corrected chi connectivity index (χ2v) is 5.41. The van der Waals surface area contributed by atoms with Gasteiger partial charge in [-0.2, -0.15) is 0 Å². The fourth-order valence-corrected chi connectivity index (χ4v) is 3.20. The lowest BCUT2D eigenvalue weighted by Crippen LogP contribution is -2.37. The minimum Gasteiger partial charge on any atom is -0.302 e. The molecule has 0 aromatic rings. The van der Waals surface area contributed by atoms with Gasteiger partial charge in [0.2, 0.25) is 0 Å². The summed E-state index contributed by atoms with van der Waals surface area (Å²) in [5, 5.41) is 0. The van der Waals surface area contributed by atoms with Crippen molar-refractivity contribution >= 4 is 11.6 Å². The molecular formula is C12H23ClN2. The SMILES string of the molecule is CN1C2CCC1CN(CCCCCl)CC2. The van der Waals surface area contributed by atoms with E-state index < -0.39 is 0 Å². The molecule has 0 radical (unpaired) electrons. The summed E-state index contributed by atoms with van der Waals surface area (Å²) < 4.78 is 0. The van der Waals surface area contributed by atoms with Crippen molar-refractivity contribution in [1.29, 1.82) is 0 Å². The first kappa shape index (κ1) is 11.7. The zero-order chi connectivity index (χ0) is 10.7. The van der Waals surface area contributed by atoms with Crippen molar-refractivity contribution in [1.82, 2.24) is 9.80 Å². The molecule has 2 atom stereocenters. The Morgan fingerprint density at radius 3 is 2.73 bits per heavy atom. The van der Waals surface area contributed by atoms with Gasteiger partial charge in [-0.1, -0.05) is 0 Å². The third-order valence-electron chi connectivity index (χ3n) is 4.09. The number of fused-ring (bicyclic) bond motifs is 2. The number of likely N-dealkylation sites (tertiary alicyclic amines) is 1. The van der Waals surface area contributed by atoms with Gasteiger partial charge < -0.3 is 4.90 Å². The third-order valence-corrected chi connectivity index (χ3v) is 4.36. The number of hydrogen-bond acceptors (Lipinski definition) is 2. The van der Waals surface area contributed by atoms with E-state index in [1.165, 1.54) is 51.7 Å². The molecule has 0 aromatic heterocycles. The maximum Gasteiger partial charge on any atom is 0.0223 e. The molecule has 2 aliphatic heterocycles. The lowest BCUT2D eigenvalue weighted by atomic mass is 10.1. The van der Waals surface area contributed by atoms with Crippen LogP contribution in [0.2, 0.25) is 0 Å². The highest BCUT2D eigenvalue weighted by Crippen LogP contribution is 2.28. The average Bonchev–Trinajstić information content (AvgIpc) is 2.46. The van der Waals surface area contributed by atoms with Crippen molar-refractivity contribution in [2.45, 2.75) is 44.2 Å². The van der Waals surface area contributed by atoms with E-state index in [4.69, 9.17) is 11.6 Å². The molecule has 3 heteroatoms. The largest absolute Gasteiger partial charge is 0.302 e. The zero-order valence-corrected chi connectivity index (χ0v) is 10.5. The minimum absolute atomic E-state index is 0.819.